The maximum Gasteiger partial charge on any atom is 0.306 e. The molecule has 0 saturated carbocycles. The minimum atomic E-state index is -0.554. The number of benzene rings is 3. The summed E-state index contributed by atoms with van der Waals surface area (Å²) in [4.78, 5) is 11.6. The SMILES string of the molecule is COC(=O)CC1COc2cc(OC3CCc4c(Oc5cc(N)ccc5F)ccc(F)c43)ccc21. The topological polar surface area (TPSA) is 80.0 Å². The number of hydrogen-bond acceptors (Lipinski definition) is 6. The monoisotopic (exact) mass is 467 g/mol. The number of rotatable bonds is 6. The fourth-order valence-electron chi connectivity index (χ4n) is 4.52. The second-order valence-electron chi connectivity index (χ2n) is 8.36. The summed E-state index contributed by atoms with van der Waals surface area (Å²) >= 11 is 0. The Hall–Kier alpha value is -3.81. The van der Waals surface area contributed by atoms with Crippen molar-refractivity contribution in [3.63, 3.8) is 0 Å². The zero-order valence-electron chi connectivity index (χ0n) is 18.5. The van der Waals surface area contributed by atoms with Crippen LogP contribution in [-0.4, -0.2) is 19.7 Å². The molecule has 0 fully saturated rings. The molecule has 8 heteroatoms. The molecule has 1 aliphatic carbocycles. The fraction of sp³-hybridized carbons (Fsp3) is 0.269. The highest BCUT2D eigenvalue weighted by Crippen LogP contribution is 2.44. The Morgan fingerprint density at radius 2 is 1.91 bits per heavy atom. The van der Waals surface area contributed by atoms with Gasteiger partial charge in [-0.3, -0.25) is 4.79 Å². The molecule has 2 N–H and O–H groups in total. The second-order valence-corrected chi connectivity index (χ2v) is 8.36. The van der Waals surface area contributed by atoms with Crippen molar-refractivity contribution in [3.8, 4) is 23.0 Å². The third-order valence-corrected chi connectivity index (χ3v) is 6.20. The molecular weight excluding hydrogens is 444 g/mol. The van der Waals surface area contributed by atoms with Gasteiger partial charge in [0.25, 0.3) is 0 Å². The Balaban J connectivity index is 1.37. The number of carbonyl (C=O) groups excluding carboxylic acids is 1. The van der Waals surface area contributed by atoms with E-state index in [9.17, 15) is 13.6 Å². The molecule has 34 heavy (non-hydrogen) atoms. The number of anilines is 1. The van der Waals surface area contributed by atoms with Crippen LogP contribution in [0.4, 0.5) is 14.5 Å². The Kier molecular flexibility index (Phi) is 5.73. The number of nitrogen functional groups attached to an aromatic ring is 1. The van der Waals surface area contributed by atoms with Gasteiger partial charge in [-0.25, -0.2) is 8.78 Å². The molecule has 3 aromatic carbocycles. The first-order chi connectivity index (χ1) is 16.4. The van der Waals surface area contributed by atoms with Crippen LogP contribution in [-0.2, 0) is 16.0 Å². The van der Waals surface area contributed by atoms with Crippen LogP contribution in [0.15, 0.2) is 48.5 Å². The maximum absolute atomic E-state index is 14.8. The molecule has 0 amide bonds. The molecule has 0 radical (unpaired) electrons. The number of esters is 1. The summed E-state index contributed by atoms with van der Waals surface area (Å²) < 4.78 is 51.4. The van der Waals surface area contributed by atoms with Crippen molar-refractivity contribution in [2.75, 3.05) is 19.5 Å². The van der Waals surface area contributed by atoms with Crippen molar-refractivity contribution >= 4 is 11.7 Å². The lowest BCUT2D eigenvalue weighted by Crippen LogP contribution is -2.09. The molecule has 0 saturated heterocycles. The summed E-state index contributed by atoms with van der Waals surface area (Å²) in [6, 6.07) is 12.3. The first-order valence-corrected chi connectivity index (χ1v) is 11.0. The molecule has 5 rings (SSSR count). The van der Waals surface area contributed by atoms with Gasteiger partial charge in [0, 0.05) is 40.4 Å². The minimum absolute atomic E-state index is 0.0181. The first kappa shape index (κ1) is 22.0. The van der Waals surface area contributed by atoms with E-state index in [0.29, 0.717) is 53.5 Å². The molecular formula is C26H23F2NO5. The number of hydrogen-bond donors (Lipinski definition) is 1. The standard InChI is InChI=1S/C26H23F2NO5/c1-31-25(30)10-14-13-32-23-12-16(3-4-17(14)23)33-22-8-5-18-21(9-7-20(28)26(18)22)34-24-11-15(29)2-6-19(24)27/h2-4,6-7,9,11-12,14,22H,5,8,10,13,29H2,1H3. The summed E-state index contributed by atoms with van der Waals surface area (Å²) in [6.45, 7) is 0.385. The van der Waals surface area contributed by atoms with Crippen molar-refractivity contribution in [3.05, 3.63) is 76.9 Å². The van der Waals surface area contributed by atoms with Crippen molar-refractivity contribution in [1.82, 2.24) is 0 Å². The molecule has 6 nitrogen and oxygen atoms in total. The van der Waals surface area contributed by atoms with Gasteiger partial charge in [0.2, 0.25) is 0 Å². The molecule has 1 aliphatic heterocycles. The van der Waals surface area contributed by atoms with Crippen LogP contribution in [0.25, 0.3) is 0 Å². The highest BCUT2D eigenvalue weighted by Gasteiger charge is 2.32. The lowest BCUT2D eigenvalue weighted by molar-refractivity contribution is -0.141. The Morgan fingerprint density at radius 1 is 1.09 bits per heavy atom. The van der Waals surface area contributed by atoms with Gasteiger partial charge in [-0.1, -0.05) is 6.07 Å². The molecule has 0 bridgehead atoms. The second kappa shape index (κ2) is 8.85. The zero-order valence-corrected chi connectivity index (χ0v) is 18.5. The van der Waals surface area contributed by atoms with Gasteiger partial charge in [-0.2, -0.15) is 0 Å². The van der Waals surface area contributed by atoms with Crippen molar-refractivity contribution in [2.24, 2.45) is 0 Å². The number of ether oxygens (including phenoxy) is 4. The van der Waals surface area contributed by atoms with Gasteiger partial charge in [0.1, 0.15) is 29.2 Å². The number of carbonyl (C=O) groups is 1. The summed E-state index contributed by atoms with van der Waals surface area (Å²) in [5.74, 6) is 0.187. The molecule has 176 valence electrons. The summed E-state index contributed by atoms with van der Waals surface area (Å²) in [5, 5.41) is 0. The Labute approximate surface area is 195 Å². The highest BCUT2D eigenvalue weighted by molar-refractivity contribution is 5.71. The molecule has 2 aliphatic rings. The van der Waals surface area contributed by atoms with Gasteiger partial charge < -0.3 is 24.7 Å². The third-order valence-electron chi connectivity index (χ3n) is 6.20. The van der Waals surface area contributed by atoms with Crippen LogP contribution in [0, 0.1) is 11.6 Å². The van der Waals surface area contributed by atoms with Crippen molar-refractivity contribution in [2.45, 2.75) is 31.3 Å². The zero-order chi connectivity index (χ0) is 23.8. The maximum atomic E-state index is 14.8. The smallest absolute Gasteiger partial charge is 0.306 e. The van der Waals surface area contributed by atoms with Crippen LogP contribution < -0.4 is 19.9 Å². The van der Waals surface area contributed by atoms with Crippen LogP contribution in [0.2, 0.25) is 0 Å². The van der Waals surface area contributed by atoms with Crippen LogP contribution >= 0.6 is 0 Å². The minimum Gasteiger partial charge on any atom is -0.492 e. The number of nitrogens with two attached hydrogens (primary N) is 1. The summed E-state index contributed by atoms with van der Waals surface area (Å²) in [6.07, 6.45) is 0.755. The average Bonchev–Trinajstić information content (AvgIpc) is 3.43. The van der Waals surface area contributed by atoms with Crippen LogP contribution in [0.3, 0.4) is 0 Å². The molecule has 2 atom stereocenters. The van der Waals surface area contributed by atoms with Crippen molar-refractivity contribution in [1.29, 1.82) is 0 Å². The predicted molar refractivity (Wildman–Crippen MR) is 120 cm³/mol. The first-order valence-electron chi connectivity index (χ1n) is 11.0. The average molecular weight is 467 g/mol. The van der Waals surface area contributed by atoms with E-state index in [-0.39, 0.29) is 24.1 Å². The number of methoxy groups -OCH3 is 1. The van der Waals surface area contributed by atoms with E-state index in [1.165, 1.54) is 37.4 Å². The number of halogens is 2. The lowest BCUT2D eigenvalue weighted by atomic mass is 9.98. The quantitative estimate of drug-likeness (QED) is 0.384. The van der Waals surface area contributed by atoms with E-state index < -0.39 is 17.7 Å². The predicted octanol–water partition coefficient (Wildman–Crippen LogP) is 5.44. The molecule has 1 heterocycles. The van der Waals surface area contributed by atoms with E-state index in [1.807, 2.05) is 6.07 Å². The van der Waals surface area contributed by atoms with E-state index >= 15 is 0 Å². The van der Waals surface area contributed by atoms with Gasteiger partial charge in [-0.05, 0) is 43.2 Å². The molecule has 0 aromatic heterocycles. The van der Waals surface area contributed by atoms with Crippen LogP contribution in [0.1, 0.15) is 41.6 Å². The van der Waals surface area contributed by atoms with E-state index in [1.54, 1.807) is 12.1 Å². The normalized spacial score (nSPS) is 18.1. The summed E-state index contributed by atoms with van der Waals surface area (Å²) in [7, 11) is 1.36. The third kappa shape index (κ3) is 4.11. The number of fused-ring (bicyclic) bond motifs is 2. The van der Waals surface area contributed by atoms with E-state index in [0.717, 1.165) is 5.56 Å². The highest BCUT2D eigenvalue weighted by atomic mass is 19.1. The van der Waals surface area contributed by atoms with Gasteiger partial charge in [0.05, 0.1) is 20.1 Å². The van der Waals surface area contributed by atoms with E-state index in [4.69, 9.17) is 24.7 Å². The molecule has 2 unspecified atom stereocenters. The van der Waals surface area contributed by atoms with Gasteiger partial charge in [-0.15, -0.1) is 0 Å². The van der Waals surface area contributed by atoms with Gasteiger partial charge >= 0.3 is 5.97 Å². The lowest BCUT2D eigenvalue weighted by Gasteiger charge is -2.17. The van der Waals surface area contributed by atoms with Crippen molar-refractivity contribution < 1.29 is 32.5 Å². The van der Waals surface area contributed by atoms with E-state index in [2.05, 4.69) is 0 Å². The summed E-state index contributed by atoms with van der Waals surface area (Å²) in [5.41, 5.74) is 8.06. The Bertz CT molecular complexity index is 1260. The molecule has 0 spiro atoms. The molecule has 3 aromatic rings. The van der Waals surface area contributed by atoms with Crippen LogP contribution in [0.5, 0.6) is 23.0 Å². The largest absolute Gasteiger partial charge is 0.492 e. The fourth-order valence-corrected chi connectivity index (χ4v) is 4.52. The van der Waals surface area contributed by atoms with Gasteiger partial charge in [0.15, 0.2) is 11.6 Å². The Morgan fingerprint density at radius 3 is 2.74 bits per heavy atom.